The van der Waals surface area contributed by atoms with Gasteiger partial charge in [-0.05, 0) is 54.5 Å². The number of nitrogens with zero attached hydrogens (tertiary/aromatic N) is 1. The lowest BCUT2D eigenvalue weighted by Crippen LogP contribution is -2.42. The lowest BCUT2D eigenvalue weighted by Gasteiger charge is -2.22. The predicted octanol–water partition coefficient (Wildman–Crippen LogP) is 4.49. The quantitative estimate of drug-likeness (QED) is 0.521. The van der Waals surface area contributed by atoms with Gasteiger partial charge >= 0.3 is 0 Å². The Bertz CT molecular complexity index is 1090. The van der Waals surface area contributed by atoms with Crippen molar-refractivity contribution in [2.45, 2.75) is 18.4 Å². The van der Waals surface area contributed by atoms with Crippen LogP contribution in [-0.4, -0.2) is 23.3 Å². The second-order valence-electron chi connectivity index (χ2n) is 7.21. The van der Waals surface area contributed by atoms with E-state index in [2.05, 4.69) is 15.9 Å². The Balaban J connectivity index is 1.58. The maximum Gasteiger partial charge on any atom is 0.264 e. The molecule has 4 rings (SSSR count). The molecular weight excluding hydrogens is 446 g/mol. The summed E-state index contributed by atoms with van der Waals surface area (Å²) in [5, 5.41) is 11.3. The SMILES string of the molecule is O=C(/C=C/c1ccco1)C[C@]1(O)C(=O)N(CCc2ccccc2)c2ccc(Br)cc21. The highest BCUT2D eigenvalue weighted by Crippen LogP contribution is 2.43. The number of anilines is 1. The number of rotatable bonds is 7. The highest BCUT2D eigenvalue weighted by atomic mass is 79.9. The van der Waals surface area contributed by atoms with Gasteiger partial charge in [0.15, 0.2) is 11.4 Å². The highest BCUT2D eigenvalue weighted by Gasteiger charge is 2.50. The first kappa shape index (κ1) is 20.3. The van der Waals surface area contributed by atoms with Crippen LogP contribution in [0.2, 0.25) is 0 Å². The molecule has 0 saturated carbocycles. The van der Waals surface area contributed by atoms with E-state index >= 15 is 0 Å². The largest absolute Gasteiger partial charge is 0.465 e. The average Bonchev–Trinajstić information content (AvgIpc) is 3.33. The third-order valence-corrected chi connectivity index (χ3v) is 5.66. The van der Waals surface area contributed by atoms with Gasteiger partial charge in [-0.25, -0.2) is 0 Å². The molecule has 152 valence electrons. The van der Waals surface area contributed by atoms with E-state index in [0.29, 0.717) is 30.0 Å². The van der Waals surface area contributed by atoms with Crippen molar-refractivity contribution in [1.29, 1.82) is 0 Å². The van der Waals surface area contributed by atoms with Crippen LogP contribution in [0.5, 0.6) is 0 Å². The summed E-state index contributed by atoms with van der Waals surface area (Å²) >= 11 is 3.40. The summed E-state index contributed by atoms with van der Waals surface area (Å²) in [6, 6.07) is 18.6. The molecule has 0 bridgehead atoms. The molecule has 3 aromatic rings. The van der Waals surface area contributed by atoms with Gasteiger partial charge in [-0.3, -0.25) is 9.59 Å². The van der Waals surface area contributed by atoms with Crippen LogP contribution in [0.1, 0.15) is 23.3 Å². The van der Waals surface area contributed by atoms with Crippen molar-refractivity contribution in [3.8, 4) is 0 Å². The molecule has 1 N–H and O–H groups in total. The molecular formula is C24H20BrNO4. The van der Waals surface area contributed by atoms with Gasteiger partial charge in [-0.1, -0.05) is 46.3 Å². The lowest BCUT2D eigenvalue weighted by atomic mass is 9.90. The number of carbonyl (C=O) groups is 2. The molecule has 1 aliphatic heterocycles. The number of ketones is 1. The molecule has 0 aliphatic carbocycles. The molecule has 0 unspecified atom stereocenters. The van der Waals surface area contributed by atoms with E-state index in [0.717, 1.165) is 10.0 Å². The van der Waals surface area contributed by atoms with Crippen LogP contribution in [-0.2, 0) is 21.6 Å². The first-order chi connectivity index (χ1) is 14.5. The van der Waals surface area contributed by atoms with Gasteiger partial charge in [0, 0.05) is 16.6 Å². The predicted molar refractivity (Wildman–Crippen MR) is 118 cm³/mol. The number of halogens is 1. The highest BCUT2D eigenvalue weighted by molar-refractivity contribution is 9.10. The summed E-state index contributed by atoms with van der Waals surface area (Å²) in [5.74, 6) is -0.315. The number of fused-ring (bicyclic) bond motifs is 1. The molecule has 0 spiro atoms. The van der Waals surface area contributed by atoms with Gasteiger partial charge in [-0.2, -0.15) is 0 Å². The summed E-state index contributed by atoms with van der Waals surface area (Å²) in [6.07, 6.45) is 4.67. The zero-order chi connectivity index (χ0) is 21.1. The molecule has 1 aliphatic rings. The summed E-state index contributed by atoms with van der Waals surface area (Å²) in [7, 11) is 0. The van der Waals surface area contributed by atoms with Crippen LogP contribution in [0.25, 0.3) is 6.08 Å². The third kappa shape index (κ3) is 4.01. The van der Waals surface area contributed by atoms with E-state index in [1.165, 1.54) is 18.4 Å². The Morgan fingerprint density at radius 2 is 1.93 bits per heavy atom. The minimum Gasteiger partial charge on any atom is -0.465 e. The molecule has 5 nitrogen and oxygen atoms in total. The van der Waals surface area contributed by atoms with E-state index in [4.69, 9.17) is 4.42 Å². The van der Waals surface area contributed by atoms with Crippen LogP contribution in [0.15, 0.2) is 81.9 Å². The fourth-order valence-corrected chi connectivity index (χ4v) is 4.03. The number of hydrogen-bond donors (Lipinski definition) is 1. The van der Waals surface area contributed by atoms with E-state index in [-0.39, 0.29) is 12.2 Å². The molecule has 0 radical (unpaired) electrons. The van der Waals surface area contributed by atoms with Crippen molar-refractivity contribution in [2.24, 2.45) is 0 Å². The van der Waals surface area contributed by atoms with E-state index in [1.54, 1.807) is 29.2 Å². The first-order valence-corrected chi connectivity index (χ1v) is 10.4. The van der Waals surface area contributed by atoms with Gasteiger partial charge in [0.25, 0.3) is 5.91 Å². The van der Waals surface area contributed by atoms with E-state index in [9.17, 15) is 14.7 Å². The van der Waals surface area contributed by atoms with Crippen molar-refractivity contribution in [1.82, 2.24) is 0 Å². The van der Waals surface area contributed by atoms with Crippen LogP contribution in [0, 0.1) is 0 Å². The molecule has 6 heteroatoms. The van der Waals surface area contributed by atoms with Crippen molar-refractivity contribution in [3.05, 3.63) is 94.4 Å². The number of aliphatic hydroxyl groups is 1. The van der Waals surface area contributed by atoms with E-state index in [1.807, 2.05) is 36.4 Å². The van der Waals surface area contributed by atoms with Crippen LogP contribution >= 0.6 is 15.9 Å². The van der Waals surface area contributed by atoms with Crippen LogP contribution in [0.3, 0.4) is 0 Å². The van der Waals surface area contributed by atoms with Gasteiger partial charge in [0.1, 0.15) is 5.76 Å². The summed E-state index contributed by atoms with van der Waals surface area (Å²) < 4.78 is 5.91. The molecule has 1 amide bonds. The van der Waals surface area contributed by atoms with Crippen LogP contribution < -0.4 is 4.90 Å². The lowest BCUT2D eigenvalue weighted by molar-refractivity contribution is -0.140. The molecule has 30 heavy (non-hydrogen) atoms. The average molecular weight is 466 g/mol. The topological polar surface area (TPSA) is 70.7 Å². The Morgan fingerprint density at radius 3 is 2.67 bits per heavy atom. The van der Waals surface area contributed by atoms with Crippen molar-refractivity contribution < 1.29 is 19.1 Å². The Morgan fingerprint density at radius 1 is 1.13 bits per heavy atom. The smallest absolute Gasteiger partial charge is 0.264 e. The third-order valence-electron chi connectivity index (χ3n) is 5.17. The fraction of sp³-hybridized carbons (Fsp3) is 0.167. The van der Waals surface area contributed by atoms with Crippen LogP contribution in [0.4, 0.5) is 5.69 Å². The maximum atomic E-state index is 13.3. The molecule has 0 fully saturated rings. The Kier molecular flexibility index (Phi) is 5.70. The van der Waals surface area contributed by atoms with Crippen molar-refractivity contribution >= 4 is 39.4 Å². The van der Waals surface area contributed by atoms with Crippen molar-refractivity contribution in [2.75, 3.05) is 11.4 Å². The van der Waals surface area contributed by atoms with Gasteiger partial charge in [0.2, 0.25) is 0 Å². The zero-order valence-corrected chi connectivity index (χ0v) is 17.7. The van der Waals surface area contributed by atoms with Gasteiger partial charge < -0.3 is 14.4 Å². The molecule has 1 atom stereocenters. The second-order valence-corrected chi connectivity index (χ2v) is 8.12. The molecule has 2 heterocycles. The number of allylic oxidation sites excluding steroid dienone is 1. The Hall–Kier alpha value is -2.96. The first-order valence-electron chi connectivity index (χ1n) is 9.60. The second kappa shape index (κ2) is 8.42. The Labute approximate surface area is 182 Å². The molecule has 2 aromatic carbocycles. The minimum atomic E-state index is -1.90. The summed E-state index contributed by atoms with van der Waals surface area (Å²) in [5.41, 5.74) is 0.261. The minimum absolute atomic E-state index is 0.339. The number of benzene rings is 2. The van der Waals surface area contributed by atoms with E-state index < -0.39 is 11.5 Å². The monoisotopic (exact) mass is 465 g/mol. The molecule has 1 aromatic heterocycles. The number of furan rings is 1. The maximum absolute atomic E-state index is 13.3. The summed E-state index contributed by atoms with van der Waals surface area (Å²) in [4.78, 5) is 27.4. The standard InChI is InChI=1S/C24H20BrNO4/c25-18-8-11-22-21(15-18)24(29,16-19(27)9-10-20-7-4-14-30-20)23(28)26(22)13-12-17-5-2-1-3-6-17/h1-11,14-15,29H,12-13,16H2/b10-9+/t24-/m1/s1. The number of hydrogen-bond acceptors (Lipinski definition) is 4. The van der Waals surface area contributed by atoms with Gasteiger partial charge in [0.05, 0.1) is 18.4 Å². The molecule has 0 saturated heterocycles. The number of carbonyl (C=O) groups excluding carboxylic acids is 2. The zero-order valence-electron chi connectivity index (χ0n) is 16.1. The van der Waals surface area contributed by atoms with Gasteiger partial charge in [-0.15, -0.1) is 0 Å². The van der Waals surface area contributed by atoms with Crippen molar-refractivity contribution in [3.63, 3.8) is 0 Å². The normalized spacial score (nSPS) is 18.2. The fourth-order valence-electron chi connectivity index (χ4n) is 3.67. The number of amides is 1. The summed E-state index contributed by atoms with van der Waals surface area (Å²) in [6.45, 7) is 0.413.